The molecule has 1 aromatic rings. The van der Waals surface area contributed by atoms with Crippen molar-refractivity contribution >= 4 is 0 Å². The molecule has 1 aliphatic rings. The van der Waals surface area contributed by atoms with E-state index < -0.39 is 24.8 Å². The molecule has 1 saturated carbocycles. The highest BCUT2D eigenvalue weighted by Crippen LogP contribution is 2.42. The number of hydrogen-bond acceptors (Lipinski definition) is 3. The Morgan fingerprint density at radius 3 is 3.32 bits per heavy atom. The highest BCUT2D eigenvalue weighted by molar-refractivity contribution is 5.33. The van der Waals surface area contributed by atoms with Crippen molar-refractivity contribution in [2.45, 2.75) is 31.2 Å². The van der Waals surface area contributed by atoms with Gasteiger partial charge in [-0.05, 0) is 44.5 Å². The molecule has 0 spiro atoms. The Labute approximate surface area is 126 Å². The SMILES string of the molecule is [2H]O[C@@]1(c2cccc(OC)c2)C([2H])([2H])CCC[C@@]1([2H])CN(C)C([2H])([2H])[2H]. The summed E-state index contributed by atoms with van der Waals surface area (Å²) >= 11 is 0. The smallest absolute Gasteiger partial charge is 0.211 e. The van der Waals surface area contributed by atoms with Gasteiger partial charge in [-0.2, -0.15) is 0 Å². The van der Waals surface area contributed by atoms with Gasteiger partial charge in [-0.1, -0.05) is 25.0 Å². The average Bonchev–Trinajstić information content (AvgIpc) is 2.53. The van der Waals surface area contributed by atoms with Crippen LogP contribution in [0.15, 0.2) is 24.3 Å². The van der Waals surface area contributed by atoms with Gasteiger partial charge in [-0.15, -0.1) is 0 Å². The quantitative estimate of drug-likeness (QED) is 0.893. The molecular formula is C16H25NO2. The number of aliphatic hydroxyl groups is 1. The Morgan fingerprint density at radius 2 is 2.58 bits per heavy atom. The van der Waals surface area contributed by atoms with Crippen LogP contribution >= 0.6 is 0 Å². The molecule has 3 heteroatoms. The first-order valence-electron chi connectivity index (χ1n) is 9.84. The Hall–Kier alpha value is -1.06. The lowest BCUT2D eigenvalue weighted by Gasteiger charge is -2.41. The minimum atomic E-state index is -2.43. The van der Waals surface area contributed by atoms with Crippen LogP contribution in [0.3, 0.4) is 0 Å². The maximum Gasteiger partial charge on any atom is 0.211 e. The third-order valence-corrected chi connectivity index (χ3v) is 3.43. The summed E-state index contributed by atoms with van der Waals surface area (Å²) < 4.78 is 61.8. The molecule has 106 valence electrons. The largest absolute Gasteiger partial charge is 0.497 e. The molecule has 1 fully saturated rings. The Balaban J connectivity index is 2.64. The molecule has 1 aromatic carbocycles. The summed E-state index contributed by atoms with van der Waals surface area (Å²) in [6.07, 6.45) is -1.30. The first-order valence-corrected chi connectivity index (χ1v) is 6.44. The van der Waals surface area contributed by atoms with Crippen LogP contribution in [0, 0.1) is 5.89 Å². The molecule has 0 unspecified atom stereocenters. The van der Waals surface area contributed by atoms with E-state index >= 15 is 0 Å². The van der Waals surface area contributed by atoms with E-state index in [1.54, 1.807) is 24.3 Å². The second kappa shape index (κ2) is 5.93. The Bertz CT molecular complexity index is 639. The van der Waals surface area contributed by atoms with E-state index in [1.807, 2.05) is 0 Å². The van der Waals surface area contributed by atoms with Gasteiger partial charge in [0.1, 0.15) is 5.75 Å². The molecule has 0 aromatic heterocycles. The first-order chi connectivity index (χ1) is 11.9. The van der Waals surface area contributed by atoms with Gasteiger partial charge in [-0.25, -0.2) is 0 Å². The number of benzene rings is 1. The van der Waals surface area contributed by atoms with Crippen molar-refractivity contribution in [2.24, 2.45) is 5.89 Å². The number of hydrogen-bond donors (Lipinski definition) is 1. The van der Waals surface area contributed by atoms with Crippen LogP contribution < -0.4 is 4.74 Å². The molecule has 1 aliphatic carbocycles. The van der Waals surface area contributed by atoms with E-state index in [4.69, 9.17) is 19.5 Å². The molecule has 2 atom stereocenters. The van der Waals surface area contributed by atoms with Crippen molar-refractivity contribution < 1.29 is 18.1 Å². The summed E-state index contributed by atoms with van der Waals surface area (Å²) in [5.74, 6) is -1.22. The van der Waals surface area contributed by atoms with Crippen LogP contribution in [-0.4, -0.2) is 39.1 Å². The van der Waals surface area contributed by atoms with Gasteiger partial charge in [0.25, 0.3) is 0 Å². The lowest BCUT2D eigenvalue weighted by Crippen LogP contribution is -2.43. The Morgan fingerprint density at radius 1 is 1.68 bits per heavy atom. The maximum atomic E-state index is 9.04. The van der Waals surface area contributed by atoms with Gasteiger partial charge in [0.15, 0.2) is 0 Å². The lowest BCUT2D eigenvalue weighted by atomic mass is 9.71. The van der Waals surface area contributed by atoms with Crippen LogP contribution in [0.1, 0.15) is 39.4 Å². The number of rotatable bonds is 5. The predicted octanol–water partition coefficient (Wildman–Crippen LogP) is 2.63. The second-order valence-electron chi connectivity index (χ2n) is 4.90. The van der Waals surface area contributed by atoms with Crippen LogP contribution in [0.5, 0.6) is 5.75 Å². The van der Waals surface area contributed by atoms with Crippen molar-refractivity contribution in [1.82, 2.24) is 4.90 Å². The summed E-state index contributed by atoms with van der Waals surface area (Å²) in [4.78, 5) is 1.04. The molecule has 0 bridgehead atoms. The average molecular weight is 270 g/mol. The van der Waals surface area contributed by atoms with Gasteiger partial charge in [0.05, 0.1) is 12.7 Å². The highest BCUT2D eigenvalue weighted by atomic mass is 16.5. The summed E-state index contributed by atoms with van der Waals surface area (Å²) in [6, 6.07) is 6.47. The third-order valence-electron chi connectivity index (χ3n) is 3.43. The van der Waals surface area contributed by atoms with E-state index in [0.29, 0.717) is 17.7 Å². The van der Waals surface area contributed by atoms with Crippen molar-refractivity contribution in [3.8, 4) is 5.75 Å². The minimum absolute atomic E-state index is 0.112. The van der Waals surface area contributed by atoms with Crippen LogP contribution in [0.25, 0.3) is 0 Å². The summed E-state index contributed by atoms with van der Waals surface area (Å²) in [7, 11) is 2.84. The summed E-state index contributed by atoms with van der Waals surface area (Å²) in [6.45, 7) is -2.69. The van der Waals surface area contributed by atoms with E-state index in [9.17, 15) is 0 Å². The molecule has 2 rings (SSSR count). The standard InChI is InChI=1S/C16H25NO2/c1-17(2)12-14-7-4-5-10-16(14,18)13-8-6-9-15(11-13)19-3/h6,8-9,11,14,18H,4-5,7,10,12H2,1-3H3/t14-,16+/m0/s1/i1D3,10D2,14D,18D. The van der Waals surface area contributed by atoms with E-state index in [-0.39, 0.29) is 19.4 Å². The van der Waals surface area contributed by atoms with E-state index in [0.717, 1.165) is 4.90 Å². The maximum absolute atomic E-state index is 9.04. The lowest BCUT2D eigenvalue weighted by molar-refractivity contribution is -0.0619. The molecule has 19 heavy (non-hydrogen) atoms. The topological polar surface area (TPSA) is 32.7 Å². The molecule has 0 heterocycles. The van der Waals surface area contributed by atoms with Gasteiger partial charge >= 0.3 is 0 Å². The molecule has 0 aliphatic heterocycles. The molecule has 3 nitrogen and oxygen atoms in total. The molecule has 1 N–H and O–H groups in total. The van der Waals surface area contributed by atoms with Crippen molar-refractivity contribution in [3.63, 3.8) is 0 Å². The highest BCUT2D eigenvalue weighted by Gasteiger charge is 2.40. The fourth-order valence-electron chi connectivity index (χ4n) is 2.49. The fourth-order valence-corrected chi connectivity index (χ4v) is 2.49. The molecule has 0 saturated heterocycles. The second-order valence-corrected chi connectivity index (χ2v) is 4.90. The zero-order chi connectivity index (χ0) is 19.8. The first kappa shape index (κ1) is 7.65. The summed E-state index contributed by atoms with van der Waals surface area (Å²) in [5.41, 5.74) is -1.66. The molecular weight excluding hydrogens is 238 g/mol. The molecule has 0 radical (unpaired) electrons. The number of ether oxygens (including phenoxy) is 1. The van der Waals surface area contributed by atoms with Crippen LogP contribution in [-0.2, 0) is 5.60 Å². The van der Waals surface area contributed by atoms with Crippen LogP contribution in [0.4, 0.5) is 0 Å². The van der Waals surface area contributed by atoms with Gasteiger partial charge in [0, 0.05) is 20.7 Å². The number of nitrogens with zero attached hydrogens (tertiary/aromatic N) is 1. The van der Waals surface area contributed by atoms with Gasteiger partial charge < -0.3 is 14.7 Å². The van der Waals surface area contributed by atoms with Crippen molar-refractivity contribution in [3.05, 3.63) is 29.8 Å². The van der Waals surface area contributed by atoms with Gasteiger partial charge in [-0.3, -0.25) is 0 Å². The Kier molecular flexibility index (Phi) is 2.39. The zero-order valence-electron chi connectivity index (χ0n) is 18.4. The predicted molar refractivity (Wildman–Crippen MR) is 77.4 cm³/mol. The van der Waals surface area contributed by atoms with Gasteiger partial charge in [0.2, 0.25) is 1.43 Å². The number of methoxy groups -OCH3 is 1. The van der Waals surface area contributed by atoms with E-state index in [2.05, 4.69) is 0 Å². The minimum Gasteiger partial charge on any atom is -0.497 e. The van der Waals surface area contributed by atoms with Crippen molar-refractivity contribution in [1.29, 1.82) is 1.43 Å². The summed E-state index contributed by atoms with van der Waals surface area (Å²) in [5, 5.41) is 5.03. The van der Waals surface area contributed by atoms with Crippen molar-refractivity contribution in [2.75, 3.05) is 27.7 Å². The zero-order valence-corrected chi connectivity index (χ0v) is 11.4. The molecule has 0 amide bonds. The van der Waals surface area contributed by atoms with E-state index in [1.165, 1.54) is 14.2 Å². The third kappa shape index (κ3) is 3.10. The van der Waals surface area contributed by atoms with Crippen LogP contribution in [0.2, 0.25) is 0 Å². The fraction of sp³-hybridized carbons (Fsp3) is 0.625. The monoisotopic (exact) mass is 270 g/mol. The normalized spacial score (nSPS) is 40.1.